The lowest BCUT2D eigenvalue weighted by Gasteiger charge is -2.08. The zero-order chi connectivity index (χ0) is 14.9. The van der Waals surface area contributed by atoms with E-state index in [0.29, 0.717) is 16.6 Å². The molecule has 0 aliphatic carbocycles. The Labute approximate surface area is 119 Å². The highest BCUT2D eigenvalue weighted by molar-refractivity contribution is 7.99. The van der Waals surface area contributed by atoms with Crippen LogP contribution in [0.4, 0.5) is 5.69 Å². The summed E-state index contributed by atoms with van der Waals surface area (Å²) >= 11 is 1.09. The van der Waals surface area contributed by atoms with Crippen LogP contribution in [0.25, 0.3) is 0 Å². The zero-order valence-electron chi connectivity index (χ0n) is 10.5. The Morgan fingerprint density at radius 2 is 2.15 bits per heavy atom. The Bertz CT molecular complexity index is 793. The molecular formula is C10H13N5O3S2. The second-order valence-electron chi connectivity index (χ2n) is 3.87. The van der Waals surface area contributed by atoms with Crippen molar-refractivity contribution in [1.82, 2.24) is 14.8 Å². The van der Waals surface area contributed by atoms with Crippen molar-refractivity contribution in [1.29, 1.82) is 0 Å². The van der Waals surface area contributed by atoms with Gasteiger partial charge in [0.2, 0.25) is 10.0 Å². The van der Waals surface area contributed by atoms with E-state index in [0.717, 1.165) is 11.8 Å². The van der Waals surface area contributed by atoms with E-state index in [1.807, 2.05) is 0 Å². The van der Waals surface area contributed by atoms with E-state index in [1.54, 1.807) is 13.0 Å². The summed E-state index contributed by atoms with van der Waals surface area (Å²) in [5.41, 5.74) is 5.51. The Morgan fingerprint density at radius 3 is 2.75 bits per heavy atom. The number of aromatic amines is 1. The number of aromatic nitrogens is 3. The number of H-pyrrole nitrogens is 1. The molecule has 2 aromatic rings. The standard InChI is InChI=1S/C10H13N5O3S2/c1-2-15-9(16)13-14-10(15)19-6-4-3-5-7(8(6)11)20(12,17)18/h3-5H,2,11H2,1H3,(H,13,16)(H2,12,17,18). The van der Waals surface area contributed by atoms with Crippen LogP contribution in [0.3, 0.4) is 0 Å². The quantitative estimate of drug-likeness (QED) is 0.678. The first kappa shape index (κ1) is 14.6. The predicted octanol–water partition coefficient (Wildman–Crippen LogP) is -0.0279. The molecule has 0 saturated carbocycles. The van der Waals surface area contributed by atoms with Gasteiger partial charge in [0, 0.05) is 11.4 Å². The van der Waals surface area contributed by atoms with Crippen molar-refractivity contribution in [2.75, 3.05) is 5.73 Å². The Morgan fingerprint density at radius 1 is 1.45 bits per heavy atom. The lowest BCUT2D eigenvalue weighted by Crippen LogP contribution is -2.16. The van der Waals surface area contributed by atoms with Crippen molar-refractivity contribution in [3.05, 3.63) is 28.7 Å². The van der Waals surface area contributed by atoms with Gasteiger partial charge in [0.05, 0.1) is 5.69 Å². The topological polar surface area (TPSA) is 137 Å². The Kier molecular flexibility index (Phi) is 3.88. The molecule has 0 unspecified atom stereocenters. The lowest BCUT2D eigenvalue weighted by atomic mass is 10.3. The first-order chi connectivity index (χ1) is 9.34. The first-order valence-corrected chi connectivity index (χ1v) is 7.95. The summed E-state index contributed by atoms with van der Waals surface area (Å²) in [7, 11) is -3.89. The summed E-state index contributed by atoms with van der Waals surface area (Å²) in [5, 5.41) is 11.7. The molecule has 0 saturated heterocycles. The van der Waals surface area contributed by atoms with E-state index in [2.05, 4.69) is 10.2 Å². The molecule has 8 nitrogen and oxygen atoms in total. The fourth-order valence-corrected chi connectivity index (χ4v) is 3.35. The molecule has 0 aliphatic heterocycles. The van der Waals surface area contributed by atoms with Crippen LogP contribution in [-0.2, 0) is 16.6 Å². The Hall–Kier alpha value is -1.78. The van der Waals surface area contributed by atoms with Crippen LogP contribution in [0.2, 0.25) is 0 Å². The van der Waals surface area contributed by atoms with Crippen molar-refractivity contribution in [2.24, 2.45) is 5.14 Å². The van der Waals surface area contributed by atoms with Crippen molar-refractivity contribution < 1.29 is 8.42 Å². The van der Waals surface area contributed by atoms with Crippen LogP contribution >= 0.6 is 11.8 Å². The van der Waals surface area contributed by atoms with Gasteiger partial charge in [-0.05, 0) is 30.8 Å². The molecule has 1 aromatic heterocycles. The molecule has 0 atom stereocenters. The van der Waals surface area contributed by atoms with E-state index in [9.17, 15) is 13.2 Å². The number of hydrogen-bond acceptors (Lipinski definition) is 6. The molecule has 0 spiro atoms. The van der Waals surface area contributed by atoms with E-state index in [-0.39, 0.29) is 16.3 Å². The van der Waals surface area contributed by atoms with Crippen molar-refractivity contribution in [2.45, 2.75) is 28.4 Å². The normalized spacial score (nSPS) is 11.7. The molecule has 10 heteroatoms. The summed E-state index contributed by atoms with van der Waals surface area (Å²) in [5.74, 6) is 0. The average Bonchev–Trinajstić information content (AvgIpc) is 2.71. The molecular weight excluding hydrogens is 302 g/mol. The van der Waals surface area contributed by atoms with E-state index in [1.165, 1.54) is 16.7 Å². The maximum Gasteiger partial charge on any atom is 0.343 e. The number of sulfonamides is 1. The molecule has 108 valence electrons. The molecule has 1 aromatic carbocycles. The van der Waals surface area contributed by atoms with Gasteiger partial charge in [-0.3, -0.25) is 4.57 Å². The van der Waals surface area contributed by atoms with Crippen LogP contribution in [0, 0.1) is 0 Å². The molecule has 1 heterocycles. The zero-order valence-corrected chi connectivity index (χ0v) is 12.2. The molecule has 5 N–H and O–H groups in total. The van der Waals surface area contributed by atoms with Gasteiger partial charge in [-0.15, -0.1) is 5.10 Å². The van der Waals surface area contributed by atoms with E-state index in [4.69, 9.17) is 10.9 Å². The van der Waals surface area contributed by atoms with Crippen molar-refractivity contribution in [3.8, 4) is 0 Å². The second-order valence-corrected chi connectivity index (χ2v) is 6.41. The number of anilines is 1. The maximum absolute atomic E-state index is 11.5. The Balaban J connectivity index is 2.47. The second kappa shape index (κ2) is 5.31. The van der Waals surface area contributed by atoms with Gasteiger partial charge in [0.15, 0.2) is 5.16 Å². The number of hydrogen-bond donors (Lipinski definition) is 3. The van der Waals surface area contributed by atoms with Crippen LogP contribution in [0.1, 0.15) is 6.92 Å². The number of nitrogens with zero attached hydrogens (tertiary/aromatic N) is 2. The van der Waals surface area contributed by atoms with Crippen molar-refractivity contribution >= 4 is 27.5 Å². The summed E-state index contributed by atoms with van der Waals surface area (Å²) in [6, 6.07) is 4.49. The minimum Gasteiger partial charge on any atom is -0.397 e. The van der Waals surface area contributed by atoms with Gasteiger partial charge in [-0.2, -0.15) is 0 Å². The molecule has 0 amide bonds. The van der Waals surface area contributed by atoms with Gasteiger partial charge < -0.3 is 5.73 Å². The minimum absolute atomic E-state index is 0.0399. The smallest absolute Gasteiger partial charge is 0.343 e. The highest BCUT2D eigenvalue weighted by Gasteiger charge is 2.17. The lowest BCUT2D eigenvalue weighted by molar-refractivity contribution is 0.598. The molecule has 0 fully saturated rings. The summed E-state index contributed by atoms with van der Waals surface area (Å²) in [4.78, 5) is 11.8. The average molecular weight is 315 g/mol. The number of nitrogen functional groups attached to an aromatic ring is 1. The number of nitrogens with two attached hydrogens (primary N) is 2. The molecule has 2 rings (SSSR count). The number of para-hydroxylation sites is 1. The van der Waals surface area contributed by atoms with Crippen LogP contribution in [0.15, 0.2) is 37.9 Å². The first-order valence-electron chi connectivity index (χ1n) is 5.59. The monoisotopic (exact) mass is 315 g/mol. The fraction of sp³-hybridized carbons (Fsp3) is 0.200. The summed E-state index contributed by atoms with van der Waals surface area (Å²) in [6.45, 7) is 2.23. The number of primary sulfonamides is 1. The molecule has 0 radical (unpaired) electrons. The SMILES string of the molecule is CCn1c(Sc2cccc(S(N)(=O)=O)c2N)n[nH]c1=O. The van der Waals surface area contributed by atoms with E-state index >= 15 is 0 Å². The maximum atomic E-state index is 11.5. The minimum atomic E-state index is -3.89. The van der Waals surface area contributed by atoms with Crippen molar-refractivity contribution in [3.63, 3.8) is 0 Å². The van der Waals surface area contributed by atoms with Crippen LogP contribution in [0.5, 0.6) is 0 Å². The van der Waals surface area contributed by atoms with Crippen LogP contribution < -0.4 is 16.6 Å². The summed E-state index contributed by atoms with van der Waals surface area (Å²) < 4.78 is 24.2. The molecule has 0 bridgehead atoms. The summed E-state index contributed by atoms with van der Waals surface area (Å²) in [6.07, 6.45) is 0. The third kappa shape index (κ3) is 2.71. The predicted molar refractivity (Wildman–Crippen MR) is 74.9 cm³/mol. The van der Waals surface area contributed by atoms with E-state index < -0.39 is 10.0 Å². The van der Waals surface area contributed by atoms with Gasteiger partial charge in [0.25, 0.3) is 0 Å². The third-order valence-corrected chi connectivity index (χ3v) is 4.61. The van der Waals surface area contributed by atoms with Gasteiger partial charge >= 0.3 is 5.69 Å². The highest BCUT2D eigenvalue weighted by Crippen LogP contribution is 2.33. The number of benzene rings is 1. The van der Waals surface area contributed by atoms with Gasteiger partial charge in [0.1, 0.15) is 4.90 Å². The largest absolute Gasteiger partial charge is 0.397 e. The molecule has 0 aliphatic rings. The third-order valence-electron chi connectivity index (χ3n) is 2.57. The van der Waals surface area contributed by atoms with Gasteiger partial charge in [-0.1, -0.05) is 6.07 Å². The highest BCUT2D eigenvalue weighted by atomic mass is 32.2. The molecule has 20 heavy (non-hydrogen) atoms. The van der Waals surface area contributed by atoms with Gasteiger partial charge in [-0.25, -0.2) is 23.4 Å². The number of rotatable bonds is 4. The van der Waals surface area contributed by atoms with Crippen LogP contribution in [-0.4, -0.2) is 23.2 Å². The number of nitrogens with one attached hydrogen (secondary N) is 1. The fourth-order valence-electron chi connectivity index (χ4n) is 1.62.